The van der Waals surface area contributed by atoms with Crippen molar-refractivity contribution in [3.63, 3.8) is 0 Å². The molecule has 0 aromatic carbocycles. The summed E-state index contributed by atoms with van der Waals surface area (Å²) < 4.78 is 0. The van der Waals surface area contributed by atoms with E-state index in [0.717, 1.165) is 18.1 Å². The van der Waals surface area contributed by atoms with Crippen LogP contribution < -0.4 is 10.6 Å². The summed E-state index contributed by atoms with van der Waals surface area (Å²) in [6, 6.07) is 3.51. The normalized spacial score (nSPS) is 9.64. The summed E-state index contributed by atoms with van der Waals surface area (Å²) in [7, 11) is 1.62. The quantitative estimate of drug-likeness (QED) is 0.758. The number of amides is 1. The van der Waals surface area contributed by atoms with E-state index >= 15 is 0 Å². The molecule has 14 heavy (non-hydrogen) atoms. The molecule has 0 aliphatic rings. The number of carbonyl (C=O) groups is 1. The lowest BCUT2D eigenvalue weighted by Crippen LogP contribution is -2.18. The van der Waals surface area contributed by atoms with Gasteiger partial charge < -0.3 is 10.6 Å². The highest BCUT2D eigenvalue weighted by molar-refractivity contribution is 5.94. The maximum Gasteiger partial charge on any atom is 0.251 e. The molecule has 0 unspecified atom stereocenters. The molecule has 0 spiro atoms. The average molecular weight is 193 g/mol. The van der Waals surface area contributed by atoms with E-state index in [2.05, 4.69) is 15.6 Å². The Kier molecular flexibility index (Phi) is 3.45. The van der Waals surface area contributed by atoms with Crippen LogP contribution in [0.3, 0.4) is 0 Å². The maximum atomic E-state index is 11.4. The Labute approximate surface area is 83.7 Å². The number of anilines is 1. The molecular weight excluding hydrogens is 178 g/mol. The van der Waals surface area contributed by atoms with Crippen LogP contribution >= 0.6 is 0 Å². The predicted molar refractivity (Wildman–Crippen MR) is 56.5 cm³/mol. The summed E-state index contributed by atoms with van der Waals surface area (Å²) >= 11 is 0. The third-order valence-corrected chi connectivity index (χ3v) is 1.80. The van der Waals surface area contributed by atoms with Gasteiger partial charge in [0.25, 0.3) is 5.91 Å². The van der Waals surface area contributed by atoms with Gasteiger partial charge in [-0.2, -0.15) is 0 Å². The Morgan fingerprint density at radius 3 is 2.79 bits per heavy atom. The fourth-order valence-electron chi connectivity index (χ4n) is 1.22. The molecular formula is C10H15N3O. The molecule has 0 bridgehead atoms. The van der Waals surface area contributed by atoms with Crippen LogP contribution in [0.15, 0.2) is 12.1 Å². The van der Waals surface area contributed by atoms with Crippen LogP contribution in [-0.4, -0.2) is 24.5 Å². The molecule has 2 N–H and O–H groups in total. The third-order valence-electron chi connectivity index (χ3n) is 1.80. The first-order chi connectivity index (χ1) is 6.67. The van der Waals surface area contributed by atoms with E-state index in [9.17, 15) is 4.79 Å². The van der Waals surface area contributed by atoms with Crippen LogP contribution in [0.4, 0.5) is 5.82 Å². The monoisotopic (exact) mass is 193 g/mol. The van der Waals surface area contributed by atoms with Gasteiger partial charge in [0.2, 0.25) is 0 Å². The minimum Gasteiger partial charge on any atom is -0.370 e. The molecule has 4 heteroatoms. The molecule has 1 rings (SSSR count). The van der Waals surface area contributed by atoms with Crippen molar-refractivity contribution in [2.24, 2.45) is 0 Å². The lowest BCUT2D eigenvalue weighted by molar-refractivity contribution is 0.0963. The van der Waals surface area contributed by atoms with Crippen molar-refractivity contribution in [2.45, 2.75) is 13.8 Å². The van der Waals surface area contributed by atoms with Crippen LogP contribution in [0.2, 0.25) is 0 Å². The zero-order valence-electron chi connectivity index (χ0n) is 8.72. The van der Waals surface area contributed by atoms with Crippen LogP contribution in [-0.2, 0) is 0 Å². The zero-order chi connectivity index (χ0) is 10.6. The summed E-state index contributed by atoms with van der Waals surface area (Å²) in [5.41, 5.74) is 1.47. The molecule has 0 saturated carbocycles. The van der Waals surface area contributed by atoms with Gasteiger partial charge in [0.1, 0.15) is 5.82 Å². The standard InChI is InChI=1S/C10H15N3O/c1-4-12-9-6-8(10(14)11-3)5-7(2)13-9/h5-6H,4H2,1-3H3,(H,11,14)(H,12,13). The summed E-state index contributed by atoms with van der Waals surface area (Å²) in [6.45, 7) is 4.65. The number of pyridine rings is 1. The highest BCUT2D eigenvalue weighted by Gasteiger charge is 2.05. The summed E-state index contributed by atoms with van der Waals surface area (Å²) in [6.07, 6.45) is 0. The number of nitrogens with zero attached hydrogens (tertiary/aromatic N) is 1. The number of rotatable bonds is 3. The molecule has 1 amide bonds. The van der Waals surface area contributed by atoms with Gasteiger partial charge in [0, 0.05) is 24.8 Å². The number of aromatic nitrogens is 1. The fraction of sp³-hybridized carbons (Fsp3) is 0.400. The summed E-state index contributed by atoms with van der Waals surface area (Å²) in [5, 5.41) is 5.66. The molecule has 1 aromatic heterocycles. The van der Waals surface area contributed by atoms with Gasteiger partial charge >= 0.3 is 0 Å². The largest absolute Gasteiger partial charge is 0.370 e. The minimum atomic E-state index is -0.0883. The van der Waals surface area contributed by atoms with Crippen molar-refractivity contribution in [3.8, 4) is 0 Å². The zero-order valence-corrected chi connectivity index (χ0v) is 8.72. The SMILES string of the molecule is CCNc1cc(C(=O)NC)cc(C)n1. The van der Waals surface area contributed by atoms with E-state index in [0.29, 0.717) is 5.56 Å². The van der Waals surface area contributed by atoms with Gasteiger partial charge in [-0.3, -0.25) is 4.79 Å². The Bertz CT molecular complexity index is 336. The van der Waals surface area contributed by atoms with Gasteiger partial charge in [-0.25, -0.2) is 4.98 Å². The second-order valence-electron chi connectivity index (χ2n) is 2.99. The van der Waals surface area contributed by atoms with Crippen molar-refractivity contribution in [3.05, 3.63) is 23.4 Å². The van der Waals surface area contributed by atoms with Crippen molar-refractivity contribution in [1.29, 1.82) is 0 Å². The van der Waals surface area contributed by atoms with E-state index < -0.39 is 0 Å². The first kappa shape index (κ1) is 10.5. The number of aryl methyl sites for hydroxylation is 1. The number of carbonyl (C=O) groups excluding carboxylic acids is 1. The molecule has 1 aromatic rings. The van der Waals surface area contributed by atoms with Crippen molar-refractivity contribution >= 4 is 11.7 Å². The second-order valence-corrected chi connectivity index (χ2v) is 2.99. The van der Waals surface area contributed by atoms with Gasteiger partial charge in [-0.05, 0) is 26.0 Å². The first-order valence-electron chi connectivity index (χ1n) is 4.62. The number of hydrogen-bond acceptors (Lipinski definition) is 3. The third kappa shape index (κ3) is 2.45. The highest BCUT2D eigenvalue weighted by atomic mass is 16.1. The van der Waals surface area contributed by atoms with Gasteiger partial charge in [-0.1, -0.05) is 0 Å². The van der Waals surface area contributed by atoms with Crippen LogP contribution in [0.25, 0.3) is 0 Å². The number of nitrogens with one attached hydrogen (secondary N) is 2. The van der Waals surface area contributed by atoms with Crippen LogP contribution in [0.1, 0.15) is 23.0 Å². The smallest absolute Gasteiger partial charge is 0.251 e. The van der Waals surface area contributed by atoms with E-state index in [1.807, 2.05) is 13.8 Å². The molecule has 0 aliphatic carbocycles. The molecule has 0 radical (unpaired) electrons. The molecule has 4 nitrogen and oxygen atoms in total. The number of hydrogen-bond donors (Lipinski definition) is 2. The summed E-state index contributed by atoms with van der Waals surface area (Å²) in [5.74, 6) is 0.653. The lowest BCUT2D eigenvalue weighted by Gasteiger charge is -2.06. The lowest BCUT2D eigenvalue weighted by atomic mass is 10.2. The fourth-order valence-corrected chi connectivity index (χ4v) is 1.22. The molecule has 0 saturated heterocycles. The Hall–Kier alpha value is -1.58. The van der Waals surface area contributed by atoms with Crippen LogP contribution in [0.5, 0.6) is 0 Å². The van der Waals surface area contributed by atoms with Gasteiger partial charge in [0.05, 0.1) is 0 Å². The Balaban J connectivity index is 3.00. The highest BCUT2D eigenvalue weighted by Crippen LogP contribution is 2.09. The van der Waals surface area contributed by atoms with Crippen molar-refractivity contribution < 1.29 is 4.79 Å². The molecule has 0 aliphatic heterocycles. The van der Waals surface area contributed by atoms with Gasteiger partial charge in [-0.15, -0.1) is 0 Å². The second kappa shape index (κ2) is 4.60. The molecule has 1 heterocycles. The predicted octanol–water partition coefficient (Wildman–Crippen LogP) is 1.18. The Morgan fingerprint density at radius 1 is 1.50 bits per heavy atom. The topological polar surface area (TPSA) is 54.0 Å². The van der Waals surface area contributed by atoms with Crippen LogP contribution in [0, 0.1) is 6.92 Å². The van der Waals surface area contributed by atoms with Crippen molar-refractivity contribution in [2.75, 3.05) is 18.9 Å². The summed E-state index contributed by atoms with van der Waals surface area (Å²) in [4.78, 5) is 15.6. The molecule has 0 atom stereocenters. The average Bonchev–Trinajstić information content (AvgIpc) is 2.16. The van der Waals surface area contributed by atoms with Gasteiger partial charge in [0.15, 0.2) is 0 Å². The maximum absolute atomic E-state index is 11.4. The van der Waals surface area contributed by atoms with E-state index in [4.69, 9.17) is 0 Å². The molecule has 0 fully saturated rings. The van der Waals surface area contributed by atoms with Crippen molar-refractivity contribution in [1.82, 2.24) is 10.3 Å². The Morgan fingerprint density at radius 2 is 2.21 bits per heavy atom. The first-order valence-corrected chi connectivity index (χ1v) is 4.62. The van der Waals surface area contributed by atoms with E-state index in [-0.39, 0.29) is 5.91 Å². The van der Waals surface area contributed by atoms with E-state index in [1.54, 1.807) is 19.2 Å². The minimum absolute atomic E-state index is 0.0883. The molecule has 76 valence electrons. The van der Waals surface area contributed by atoms with E-state index in [1.165, 1.54) is 0 Å².